The SMILES string of the molecule is CCCNC(CC1CCCCC1)C1CC(C)CC(C)C1. The molecular formula is C19H37N. The van der Waals surface area contributed by atoms with Crippen molar-refractivity contribution in [2.75, 3.05) is 6.54 Å². The zero-order valence-corrected chi connectivity index (χ0v) is 14.2. The smallest absolute Gasteiger partial charge is 0.00981 e. The third-order valence-corrected chi connectivity index (χ3v) is 5.75. The first-order valence-electron chi connectivity index (χ1n) is 9.42. The predicted molar refractivity (Wildman–Crippen MR) is 88.9 cm³/mol. The number of nitrogens with one attached hydrogen (secondary N) is 1. The zero-order valence-electron chi connectivity index (χ0n) is 14.2. The highest BCUT2D eigenvalue weighted by molar-refractivity contribution is 4.86. The fourth-order valence-corrected chi connectivity index (χ4v) is 4.89. The average Bonchev–Trinajstić information content (AvgIpc) is 2.43. The molecule has 3 atom stereocenters. The average molecular weight is 280 g/mol. The summed E-state index contributed by atoms with van der Waals surface area (Å²) in [6.07, 6.45) is 14.6. The molecule has 0 spiro atoms. The van der Waals surface area contributed by atoms with Gasteiger partial charge in [0.25, 0.3) is 0 Å². The molecule has 3 unspecified atom stereocenters. The van der Waals surface area contributed by atoms with Crippen LogP contribution in [0.3, 0.4) is 0 Å². The van der Waals surface area contributed by atoms with Crippen molar-refractivity contribution in [2.45, 2.75) is 91.0 Å². The van der Waals surface area contributed by atoms with Crippen molar-refractivity contribution >= 4 is 0 Å². The van der Waals surface area contributed by atoms with Crippen molar-refractivity contribution in [2.24, 2.45) is 23.7 Å². The maximum absolute atomic E-state index is 3.93. The molecule has 0 aromatic rings. The summed E-state index contributed by atoms with van der Waals surface area (Å²) in [5.74, 6) is 3.86. The van der Waals surface area contributed by atoms with Crippen molar-refractivity contribution < 1.29 is 0 Å². The van der Waals surface area contributed by atoms with E-state index in [9.17, 15) is 0 Å². The van der Waals surface area contributed by atoms with Gasteiger partial charge in [0.2, 0.25) is 0 Å². The molecule has 0 bridgehead atoms. The molecule has 2 fully saturated rings. The van der Waals surface area contributed by atoms with Gasteiger partial charge in [-0.15, -0.1) is 0 Å². The first kappa shape index (κ1) is 16.3. The van der Waals surface area contributed by atoms with Crippen LogP contribution in [-0.2, 0) is 0 Å². The van der Waals surface area contributed by atoms with E-state index >= 15 is 0 Å². The van der Waals surface area contributed by atoms with Gasteiger partial charge in [-0.25, -0.2) is 0 Å². The Kier molecular flexibility index (Phi) is 6.87. The van der Waals surface area contributed by atoms with E-state index in [2.05, 4.69) is 26.1 Å². The second-order valence-corrected chi connectivity index (χ2v) is 7.98. The van der Waals surface area contributed by atoms with E-state index in [-0.39, 0.29) is 0 Å². The number of hydrogen-bond donors (Lipinski definition) is 1. The van der Waals surface area contributed by atoms with Crippen LogP contribution in [0.4, 0.5) is 0 Å². The van der Waals surface area contributed by atoms with Gasteiger partial charge >= 0.3 is 0 Å². The quantitative estimate of drug-likeness (QED) is 0.686. The Morgan fingerprint density at radius 1 is 0.950 bits per heavy atom. The van der Waals surface area contributed by atoms with Gasteiger partial charge in [-0.05, 0) is 62.3 Å². The number of rotatable bonds is 6. The Balaban J connectivity index is 1.90. The Labute approximate surface area is 127 Å². The molecule has 20 heavy (non-hydrogen) atoms. The lowest BCUT2D eigenvalue weighted by Crippen LogP contribution is -2.41. The van der Waals surface area contributed by atoms with Crippen LogP contribution in [0.1, 0.15) is 85.0 Å². The summed E-state index contributed by atoms with van der Waals surface area (Å²) in [6, 6.07) is 0.809. The fourth-order valence-electron chi connectivity index (χ4n) is 4.89. The summed E-state index contributed by atoms with van der Waals surface area (Å²) in [5.41, 5.74) is 0. The van der Waals surface area contributed by atoms with Crippen molar-refractivity contribution in [3.63, 3.8) is 0 Å². The minimum atomic E-state index is 0.809. The van der Waals surface area contributed by atoms with Gasteiger partial charge in [-0.1, -0.05) is 52.9 Å². The van der Waals surface area contributed by atoms with Crippen LogP contribution in [0.25, 0.3) is 0 Å². The molecular weight excluding hydrogens is 242 g/mol. The van der Waals surface area contributed by atoms with Crippen LogP contribution >= 0.6 is 0 Å². The monoisotopic (exact) mass is 279 g/mol. The van der Waals surface area contributed by atoms with Crippen LogP contribution in [-0.4, -0.2) is 12.6 Å². The zero-order chi connectivity index (χ0) is 14.4. The minimum Gasteiger partial charge on any atom is -0.314 e. The molecule has 0 aromatic carbocycles. The van der Waals surface area contributed by atoms with Gasteiger partial charge in [-0.3, -0.25) is 0 Å². The van der Waals surface area contributed by atoms with Gasteiger partial charge in [0, 0.05) is 6.04 Å². The predicted octanol–water partition coefficient (Wildman–Crippen LogP) is 5.40. The third-order valence-electron chi connectivity index (χ3n) is 5.75. The molecule has 118 valence electrons. The summed E-state index contributed by atoms with van der Waals surface area (Å²) in [5, 5.41) is 3.93. The van der Waals surface area contributed by atoms with Gasteiger partial charge in [0.15, 0.2) is 0 Å². The van der Waals surface area contributed by atoms with Crippen molar-refractivity contribution in [3.05, 3.63) is 0 Å². The first-order valence-corrected chi connectivity index (χ1v) is 9.42. The molecule has 0 radical (unpaired) electrons. The molecule has 1 nitrogen and oxygen atoms in total. The summed E-state index contributed by atoms with van der Waals surface area (Å²) in [6.45, 7) is 8.47. The molecule has 0 heterocycles. The molecule has 2 aliphatic rings. The summed E-state index contributed by atoms with van der Waals surface area (Å²) in [4.78, 5) is 0. The maximum Gasteiger partial charge on any atom is 0.00981 e. The van der Waals surface area contributed by atoms with Crippen molar-refractivity contribution in [1.29, 1.82) is 0 Å². The van der Waals surface area contributed by atoms with Crippen LogP contribution in [0, 0.1) is 23.7 Å². The minimum absolute atomic E-state index is 0.809. The molecule has 1 heteroatoms. The Bertz CT molecular complexity index is 246. The van der Waals surface area contributed by atoms with E-state index < -0.39 is 0 Å². The van der Waals surface area contributed by atoms with E-state index in [4.69, 9.17) is 0 Å². The maximum atomic E-state index is 3.93. The van der Waals surface area contributed by atoms with Crippen LogP contribution in [0.5, 0.6) is 0 Å². The molecule has 2 aliphatic carbocycles. The highest BCUT2D eigenvalue weighted by Crippen LogP contribution is 2.38. The second-order valence-electron chi connectivity index (χ2n) is 7.98. The highest BCUT2D eigenvalue weighted by atomic mass is 14.9. The van der Waals surface area contributed by atoms with E-state index in [0.29, 0.717) is 0 Å². The summed E-state index contributed by atoms with van der Waals surface area (Å²) >= 11 is 0. The molecule has 0 saturated heterocycles. The fraction of sp³-hybridized carbons (Fsp3) is 1.00. The number of hydrogen-bond acceptors (Lipinski definition) is 1. The largest absolute Gasteiger partial charge is 0.314 e. The topological polar surface area (TPSA) is 12.0 Å². The van der Waals surface area contributed by atoms with Gasteiger partial charge in [0.1, 0.15) is 0 Å². The van der Waals surface area contributed by atoms with E-state index in [1.807, 2.05) is 0 Å². The van der Waals surface area contributed by atoms with Crippen LogP contribution < -0.4 is 5.32 Å². The third kappa shape index (κ3) is 5.06. The normalized spacial score (nSPS) is 34.0. The highest BCUT2D eigenvalue weighted by Gasteiger charge is 2.31. The molecule has 0 aromatic heterocycles. The molecule has 0 aliphatic heterocycles. The summed E-state index contributed by atoms with van der Waals surface area (Å²) in [7, 11) is 0. The Morgan fingerprint density at radius 3 is 2.20 bits per heavy atom. The molecule has 0 amide bonds. The standard InChI is InChI=1S/C19H37N/c1-4-10-20-19(14-17-8-6-5-7-9-17)18-12-15(2)11-16(3)13-18/h15-20H,4-14H2,1-3H3. The lowest BCUT2D eigenvalue weighted by Gasteiger charge is -2.39. The van der Waals surface area contributed by atoms with E-state index in [1.54, 1.807) is 0 Å². The van der Waals surface area contributed by atoms with Gasteiger partial charge in [0.05, 0.1) is 0 Å². The molecule has 2 saturated carbocycles. The van der Waals surface area contributed by atoms with Gasteiger partial charge in [-0.2, -0.15) is 0 Å². The van der Waals surface area contributed by atoms with E-state index in [1.165, 1.54) is 70.8 Å². The Morgan fingerprint density at radius 2 is 1.60 bits per heavy atom. The summed E-state index contributed by atoms with van der Waals surface area (Å²) < 4.78 is 0. The Hall–Kier alpha value is -0.0400. The molecule has 2 rings (SSSR count). The second kappa shape index (κ2) is 8.41. The van der Waals surface area contributed by atoms with Gasteiger partial charge < -0.3 is 5.32 Å². The van der Waals surface area contributed by atoms with E-state index in [0.717, 1.165) is 29.7 Å². The lowest BCUT2D eigenvalue weighted by molar-refractivity contribution is 0.153. The lowest BCUT2D eigenvalue weighted by atomic mass is 9.71. The van der Waals surface area contributed by atoms with Crippen molar-refractivity contribution in [1.82, 2.24) is 5.32 Å². The first-order chi connectivity index (χ1) is 9.69. The molecule has 1 N–H and O–H groups in total. The van der Waals surface area contributed by atoms with Crippen LogP contribution in [0.15, 0.2) is 0 Å². The van der Waals surface area contributed by atoms with Crippen LogP contribution in [0.2, 0.25) is 0 Å². The van der Waals surface area contributed by atoms with Crippen molar-refractivity contribution in [3.8, 4) is 0 Å².